The Labute approximate surface area is 210 Å². The van der Waals surface area contributed by atoms with Crippen molar-refractivity contribution in [3.8, 4) is 17.1 Å². The van der Waals surface area contributed by atoms with Gasteiger partial charge in [-0.05, 0) is 31.0 Å². The van der Waals surface area contributed by atoms with Crippen LogP contribution >= 0.6 is 0 Å². The maximum atomic E-state index is 13.3. The van der Waals surface area contributed by atoms with E-state index in [9.17, 15) is 18.0 Å². The standard InChI is InChI=1S/C24H26F3N7O3/c1-23(2)11-14-18(32-37-20(14)21(28)35)19-15(23)12-29-22(31-19)30-16-5-4-13(10-17(16)36-24(25,26)27)34-8-6-33(3)7-9-34/h4-5,10,12H,6-9,11H2,1-3H3,(H2,28,35)(H,29,30,31). The van der Waals surface area contributed by atoms with E-state index in [1.165, 1.54) is 12.1 Å². The van der Waals surface area contributed by atoms with Crippen LogP contribution in [-0.4, -0.2) is 65.5 Å². The van der Waals surface area contributed by atoms with Crippen molar-refractivity contribution in [2.24, 2.45) is 5.73 Å². The molecule has 3 heterocycles. The molecule has 1 amide bonds. The third kappa shape index (κ3) is 4.90. The van der Waals surface area contributed by atoms with Crippen molar-refractivity contribution in [2.45, 2.75) is 32.0 Å². The second-order valence-electron chi connectivity index (χ2n) is 9.86. The summed E-state index contributed by atoms with van der Waals surface area (Å²) in [5.74, 6) is -1.15. The van der Waals surface area contributed by atoms with Gasteiger partial charge in [-0.25, -0.2) is 9.97 Å². The van der Waals surface area contributed by atoms with Crippen molar-refractivity contribution < 1.29 is 27.2 Å². The van der Waals surface area contributed by atoms with Crippen LogP contribution in [0.5, 0.6) is 5.75 Å². The molecule has 0 atom stereocenters. The summed E-state index contributed by atoms with van der Waals surface area (Å²) in [5, 5.41) is 6.84. The normalized spacial score (nSPS) is 17.2. The molecule has 1 aromatic carbocycles. The fourth-order valence-electron chi connectivity index (χ4n) is 4.71. The van der Waals surface area contributed by atoms with Crippen molar-refractivity contribution in [3.05, 3.63) is 41.3 Å². The highest BCUT2D eigenvalue weighted by Gasteiger charge is 2.38. The average molecular weight is 518 g/mol. The highest BCUT2D eigenvalue weighted by molar-refractivity contribution is 5.93. The summed E-state index contributed by atoms with van der Waals surface area (Å²) in [6, 6.07) is 4.60. The molecule has 1 saturated heterocycles. The van der Waals surface area contributed by atoms with Gasteiger partial charge in [-0.2, -0.15) is 0 Å². The van der Waals surface area contributed by atoms with Crippen LogP contribution in [0.25, 0.3) is 11.4 Å². The highest BCUT2D eigenvalue weighted by Crippen LogP contribution is 2.43. The van der Waals surface area contributed by atoms with Gasteiger partial charge < -0.3 is 30.1 Å². The first kappa shape index (κ1) is 24.8. The molecule has 3 N–H and O–H groups in total. The number of nitrogens with one attached hydrogen (secondary N) is 1. The number of anilines is 3. The first-order valence-corrected chi connectivity index (χ1v) is 11.7. The molecule has 2 aromatic heterocycles. The second kappa shape index (κ2) is 8.91. The minimum Gasteiger partial charge on any atom is -0.403 e. The molecule has 1 aliphatic heterocycles. The first-order chi connectivity index (χ1) is 17.4. The van der Waals surface area contributed by atoms with Gasteiger partial charge in [-0.15, -0.1) is 13.2 Å². The van der Waals surface area contributed by atoms with E-state index in [1.807, 2.05) is 25.8 Å². The quantitative estimate of drug-likeness (QED) is 0.524. The van der Waals surface area contributed by atoms with Gasteiger partial charge in [0, 0.05) is 55.3 Å². The third-order valence-corrected chi connectivity index (χ3v) is 6.68. The van der Waals surface area contributed by atoms with E-state index in [-0.39, 0.29) is 17.4 Å². The van der Waals surface area contributed by atoms with E-state index >= 15 is 0 Å². The predicted octanol–water partition coefficient (Wildman–Crippen LogP) is 3.46. The van der Waals surface area contributed by atoms with Gasteiger partial charge in [0.2, 0.25) is 11.7 Å². The lowest BCUT2D eigenvalue weighted by molar-refractivity contribution is -0.274. The number of hydrogen-bond acceptors (Lipinski definition) is 9. The molecular formula is C24H26F3N7O3. The van der Waals surface area contributed by atoms with E-state index in [4.69, 9.17) is 10.3 Å². The largest absolute Gasteiger partial charge is 0.573 e. The number of piperazine rings is 1. The lowest BCUT2D eigenvalue weighted by Gasteiger charge is -2.34. The molecule has 5 rings (SSSR count). The molecule has 0 unspecified atom stereocenters. The van der Waals surface area contributed by atoms with Crippen molar-refractivity contribution in [1.82, 2.24) is 20.0 Å². The summed E-state index contributed by atoms with van der Waals surface area (Å²) in [6.07, 6.45) is -2.86. The summed E-state index contributed by atoms with van der Waals surface area (Å²) >= 11 is 0. The van der Waals surface area contributed by atoms with E-state index in [1.54, 1.807) is 12.3 Å². The van der Waals surface area contributed by atoms with Gasteiger partial charge >= 0.3 is 6.36 Å². The predicted molar refractivity (Wildman–Crippen MR) is 129 cm³/mol. The van der Waals surface area contributed by atoms with Gasteiger partial charge in [0.15, 0.2) is 5.75 Å². The zero-order chi connectivity index (χ0) is 26.5. The summed E-state index contributed by atoms with van der Waals surface area (Å²) in [7, 11) is 2.00. The maximum Gasteiger partial charge on any atom is 0.573 e. The first-order valence-electron chi connectivity index (χ1n) is 11.7. The number of rotatable bonds is 5. The summed E-state index contributed by atoms with van der Waals surface area (Å²) in [5.41, 5.74) is 7.69. The van der Waals surface area contributed by atoms with Crippen LogP contribution in [0.1, 0.15) is 35.5 Å². The molecule has 0 radical (unpaired) electrons. The molecule has 1 fully saturated rings. The zero-order valence-electron chi connectivity index (χ0n) is 20.5. The van der Waals surface area contributed by atoms with Gasteiger partial charge in [0.05, 0.1) is 5.69 Å². The van der Waals surface area contributed by atoms with Gasteiger partial charge in [0.1, 0.15) is 11.4 Å². The number of hydrogen-bond donors (Lipinski definition) is 2. The summed E-state index contributed by atoms with van der Waals surface area (Å²) in [4.78, 5) is 24.8. The second-order valence-corrected chi connectivity index (χ2v) is 9.86. The minimum atomic E-state index is -4.89. The molecule has 37 heavy (non-hydrogen) atoms. The topological polar surface area (TPSA) is 123 Å². The molecular weight excluding hydrogens is 491 g/mol. The lowest BCUT2D eigenvalue weighted by Crippen LogP contribution is -2.44. The number of nitrogens with two attached hydrogens (primary N) is 1. The molecule has 2 aliphatic rings. The van der Waals surface area contributed by atoms with E-state index in [0.717, 1.165) is 18.7 Å². The maximum absolute atomic E-state index is 13.3. The molecule has 0 bridgehead atoms. The highest BCUT2D eigenvalue weighted by atomic mass is 19.4. The third-order valence-electron chi connectivity index (χ3n) is 6.68. The number of primary amides is 1. The van der Waals surface area contributed by atoms with Gasteiger partial charge in [-0.3, -0.25) is 4.79 Å². The molecule has 10 nitrogen and oxygen atoms in total. The number of carbonyl (C=O) groups excluding carboxylic acids is 1. The Balaban J connectivity index is 1.50. The van der Waals surface area contributed by atoms with Crippen molar-refractivity contribution in [3.63, 3.8) is 0 Å². The van der Waals surface area contributed by atoms with Crippen LogP contribution in [0.3, 0.4) is 0 Å². The minimum absolute atomic E-state index is 0.0328. The molecule has 0 spiro atoms. The SMILES string of the molecule is CN1CCN(c2ccc(Nc3ncc4c(n3)-c3noc(C(N)=O)c3CC4(C)C)c(OC(F)(F)F)c2)CC1. The average Bonchev–Trinajstić information content (AvgIpc) is 3.23. The smallest absolute Gasteiger partial charge is 0.403 e. The number of alkyl halides is 3. The summed E-state index contributed by atoms with van der Waals surface area (Å²) in [6.45, 7) is 6.88. The number of ether oxygens (including phenoxy) is 1. The molecule has 0 saturated carbocycles. The van der Waals surface area contributed by atoms with Crippen LogP contribution in [0.4, 0.5) is 30.5 Å². The number of nitrogens with zero attached hydrogens (tertiary/aromatic N) is 5. The number of fused-ring (bicyclic) bond motifs is 3. The Hall–Kier alpha value is -3.87. The van der Waals surface area contributed by atoms with Crippen molar-refractivity contribution >= 4 is 23.2 Å². The molecule has 1 aliphatic carbocycles. The van der Waals surface area contributed by atoms with Crippen molar-refractivity contribution in [2.75, 3.05) is 43.4 Å². The van der Waals surface area contributed by atoms with Crippen LogP contribution in [0.15, 0.2) is 28.9 Å². The van der Waals surface area contributed by atoms with Crippen molar-refractivity contribution in [1.29, 1.82) is 0 Å². The van der Waals surface area contributed by atoms with E-state index in [2.05, 4.69) is 30.1 Å². The Morgan fingerprint density at radius 3 is 2.59 bits per heavy atom. The van der Waals surface area contributed by atoms with Crippen LogP contribution < -0.4 is 20.7 Å². The van der Waals surface area contributed by atoms with Crippen LogP contribution in [0, 0.1) is 0 Å². The molecule has 13 heteroatoms. The number of aromatic nitrogens is 3. The number of halogens is 3. The Kier molecular flexibility index (Phi) is 5.97. The fourth-order valence-corrected chi connectivity index (χ4v) is 4.71. The Morgan fingerprint density at radius 2 is 1.92 bits per heavy atom. The Bertz CT molecular complexity index is 1350. The van der Waals surface area contributed by atoms with Gasteiger partial charge in [0.25, 0.3) is 5.91 Å². The van der Waals surface area contributed by atoms with Gasteiger partial charge in [-0.1, -0.05) is 19.0 Å². The van der Waals surface area contributed by atoms with Crippen LogP contribution in [-0.2, 0) is 11.8 Å². The van der Waals surface area contributed by atoms with Crippen LogP contribution in [0.2, 0.25) is 0 Å². The number of amides is 1. The number of benzene rings is 1. The Morgan fingerprint density at radius 1 is 1.19 bits per heavy atom. The molecule has 196 valence electrons. The lowest BCUT2D eigenvalue weighted by atomic mass is 9.74. The molecule has 3 aromatic rings. The van der Waals surface area contributed by atoms with E-state index < -0.39 is 23.4 Å². The monoisotopic (exact) mass is 517 g/mol. The number of carbonyl (C=O) groups is 1. The van der Waals surface area contributed by atoms with E-state index in [0.29, 0.717) is 42.1 Å². The summed E-state index contributed by atoms with van der Waals surface area (Å²) < 4.78 is 49.3. The fraction of sp³-hybridized carbons (Fsp3) is 0.417. The number of likely N-dealkylation sites (N-methyl/N-ethyl adjacent to an activating group) is 1. The zero-order valence-corrected chi connectivity index (χ0v) is 20.5.